The lowest BCUT2D eigenvalue weighted by atomic mass is 10.3. The fraction of sp³-hybridized carbons (Fsp3) is 0.154. The van der Waals surface area contributed by atoms with Gasteiger partial charge in [-0.15, -0.1) is 0 Å². The molecule has 0 saturated heterocycles. The van der Waals surface area contributed by atoms with Gasteiger partial charge < -0.3 is 15.1 Å². The molecule has 2 heterocycles. The molecule has 2 amide bonds. The number of hydrogen-bond donors (Lipinski definition) is 2. The Hall–Kier alpha value is -2.15. The number of nitrogens with one attached hydrogen (secondary N) is 2. The van der Waals surface area contributed by atoms with Crippen molar-refractivity contribution in [3.05, 3.63) is 52.7 Å². The van der Waals surface area contributed by atoms with Crippen molar-refractivity contribution in [2.75, 3.05) is 6.54 Å². The first kappa shape index (κ1) is 14.3. The molecule has 20 heavy (non-hydrogen) atoms. The molecular weight excluding hydrogens is 326 g/mol. The highest BCUT2D eigenvalue weighted by Gasteiger charge is 2.11. The van der Waals surface area contributed by atoms with Crippen molar-refractivity contribution in [2.45, 2.75) is 6.54 Å². The summed E-state index contributed by atoms with van der Waals surface area (Å²) in [6.07, 6.45) is 1.65. The highest BCUT2D eigenvalue weighted by Crippen LogP contribution is 2.13. The summed E-state index contributed by atoms with van der Waals surface area (Å²) >= 11 is 3.10. The van der Waals surface area contributed by atoms with E-state index in [1.807, 2.05) is 6.07 Å². The molecule has 6 nitrogen and oxygen atoms in total. The number of nitrogens with zero attached hydrogens (tertiary/aromatic N) is 1. The molecule has 0 spiro atoms. The third-order valence-electron chi connectivity index (χ3n) is 2.40. The third kappa shape index (κ3) is 4.20. The Kier molecular flexibility index (Phi) is 4.89. The normalized spacial score (nSPS) is 10.1. The van der Waals surface area contributed by atoms with Crippen LogP contribution in [0.1, 0.15) is 16.2 Å². The van der Waals surface area contributed by atoms with Crippen LogP contribution in [0.25, 0.3) is 0 Å². The van der Waals surface area contributed by atoms with Crippen LogP contribution >= 0.6 is 15.9 Å². The topological polar surface area (TPSA) is 84.2 Å². The molecule has 2 aromatic heterocycles. The summed E-state index contributed by atoms with van der Waals surface area (Å²) in [5.74, 6) is -0.590. The predicted molar refractivity (Wildman–Crippen MR) is 74.8 cm³/mol. The van der Waals surface area contributed by atoms with Crippen LogP contribution in [-0.4, -0.2) is 23.3 Å². The number of halogens is 1. The van der Waals surface area contributed by atoms with Gasteiger partial charge in [-0.25, -0.2) is 0 Å². The Labute approximate surface area is 123 Å². The fourth-order valence-corrected chi connectivity index (χ4v) is 1.74. The van der Waals surface area contributed by atoms with Crippen LogP contribution in [0.3, 0.4) is 0 Å². The lowest BCUT2D eigenvalue weighted by Gasteiger charge is -2.05. The summed E-state index contributed by atoms with van der Waals surface area (Å²) in [4.78, 5) is 27.3. The van der Waals surface area contributed by atoms with Gasteiger partial charge in [0.05, 0.1) is 18.8 Å². The van der Waals surface area contributed by atoms with Crippen molar-refractivity contribution in [3.8, 4) is 0 Å². The number of rotatable bonds is 5. The Balaban J connectivity index is 1.74. The van der Waals surface area contributed by atoms with Crippen molar-refractivity contribution in [3.63, 3.8) is 0 Å². The van der Waals surface area contributed by atoms with Crippen molar-refractivity contribution >= 4 is 27.7 Å². The molecule has 2 rings (SSSR count). The molecule has 0 aliphatic rings. The van der Waals surface area contributed by atoms with Gasteiger partial charge in [-0.2, -0.15) is 0 Å². The maximum absolute atomic E-state index is 11.6. The van der Waals surface area contributed by atoms with Gasteiger partial charge in [-0.1, -0.05) is 6.07 Å². The smallest absolute Gasteiger partial charge is 0.287 e. The zero-order chi connectivity index (χ0) is 14.4. The molecule has 2 aromatic rings. The summed E-state index contributed by atoms with van der Waals surface area (Å²) < 4.78 is 5.53. The van der Waals surface area contributed by atoms with E-state index in [1.54, 1.807) is 24.4 Å². The van der Waals surface area contributed by atoms with Crippen molar-refractivity contribution in [2.24, 2.45) is 0 Å². The number of aromatic nitrogens is 1. The Morgan fingerprint density at radius 1 is 1.20 bits per heavy atom. The Bertz CT molecular complexity index is 598. The predicted octanol–water partition coefficient (Wildman–Crippen LogP) is 1.48. The molecule has 0 unspecified atom stereocenters. The SMILES string of the molecule is O=C(CNC(=O)c1ccc(Br)o1)NCc1ccccn1. The van der Waals surface area contributed by atoms with Crippen LogP contribution in [0.4, 0.5) is 0 Å². The number of pyridine rings is 1. The summed E-state index contributed by atoms with van der Waals surface area (Å²) in [5.41, 5.74) is 0.752. The second-order valence-electron chi connectivity index (χ2n) is 3.88. The van der Waals surface area contributed by atoms with Gasteiger partial charge in [0.2, 0.25) is 5.91 Å². The highest BCUT2D eigenvalue weighted by molar-refractivity contribution is 9.10. The van der Waals surface area contributed by atoms with Gasteiger partial charge in [0.25, 0.3) is 5.91 Å². The summed E-state index contributed by atoms with van der Waals surface area (Å²) in [7, 11) is 0. The van der Waals surface area contributed by atoms with Crippen LogP contribution in [-0.2, 0) is 11.3 Å². The molecule has 0 aliphatic carbocycles. The van der Waals surface area contributed by atoms with Gasteiger partial charge in [0.15, 0.2) is 10.4 Å². The Morgan fingerprint density at radius 2 is 2.05 bits per heavy atom. The Morgan fingerprint density at radius 3 is 2.70 bits per heavy atom. The van der Waals surface area contributed by atoms with Gasteiger partial charge >= 0.3 is 0 Å². The maximum atomic E-state index is 11.6. The number of hydrogen-bond acceptors (Lipinski definition) is 4. The molecule has 2 N–H and O–H groups in total. The number of carbonyl (C=O) groups excluding carboxylic acids is 2. The minimum Gasteiger partial charge on any atom is -0.444 e. The quantitative estimate of drug-likeness (QED) is 0.865. The van der Waals surface area contributed by atoms with E-state index >= 15 is 0 Å². The highest BCUT2D eigenvalue weighted by atomic mass is 79.9. The lowest BCUT2D eigenvalue weighted by molar-refractivity contribution is -0.120. The second-order valence-corrected chi connectivity index (χ2v) is 4.67. The van der Waals surface area contributed by atoms with E-state index in [2.05, 4.69) is 31.5 Å². The van der Waals surface area contributed by atoms with E-state index in [0.29, 0.717) is 11.2 Å². The van der Waals surface area contributed by atoms with E-state index in [0.717, 1.165) is 5.69 Å². The van der Waals surface area contributed by atoms with Crippen LogP contribution < -0.4 is 10.6 Å². The maximum Gasteiger partial charge on any atom is 0.287 e. The second kappa shape index (κ2) is 6.85. The van der Waals surface area contributed by atoms with E-state index in [9.17, 15) is 9.59 Å². The number of amides is 2. The average molecular weight is 338 g/mol. The van der Waals surface area contributed by atoms with E-state index in [-0.39, 0.29) is 18.2 Å². The van der Waals surface area contributed by atoms with Gasteiger partial charge in [-0.3, -0.25) is 14.6 Å². The minimum absolute atomic E-state index is 0.121. The molecule has 0 atom stereocenters. The minimum atomic E-state index is -0.441. The lowest BCUT2D eigenvalue weighted by Crippen LogP contribution is -2.36. The molecule has 0 bridgehead atoms. The van der Waals surface area contributed by atoms with Gasteiger partial charge in [-0.05, 0) is 40.2 Å². The fourth-order valence-electron chi connectivity index (χ4n) is 1.44. The van der Waals surface area contributed by atoms with Gasteiger partial charge in [0, 0.05) is 6.20 Å². The van der Waals surface area contributed by atoms with Gasteiger partial charge in [0.1, 0.15) is 0 Å². The largest absolute Gasteiger partial charge is 0.444 e. The molecule has 0 aromatic carbocycles. The number of furan rings is 1. The standard InChI is InChI=1S/C13H12BrN3O3/c14-11-5-4-10(20-11)13(19)17-8-12(18)16-7-9-3-1-2-6-15-9/h1-6H,7-8H2,(H,16,18)(H,17,19). The first-order valence-electron chi connectivity index (χ1n) is 5.85. The molecule has 0 saturated carbocycles. The molecule has 0 aliphatic heterocycles. The first-order valence-corrected chi connectivity index (χ1v) is 6.64. The monoisotopic (exact) mass is 337 g/mol. The molecule has 7 heteroatoms. The molecular formula is C13H12BrN3O3. The zero-order valence-electron chi connectivity index (χ0n) is 10.4. The first-order chi connectivity index (χ1) is 9.65. The van der Waals surface area contributed by atoms with Crippen molar-refractivity contribution in [1.29, 1.82) is 0 Å². The van der Waals surface area contributed by atoms with Crippen LogP contribution in [0.5, 0.6) is 0 Å². The zero-order valence-corrected chi connectivity index (χ0v) is 12.0. The van der Waals surface area contributed by atoms with Crippen molar-refractivity contribution in [1.82, 2.24) is 15.6 Å². The third-order valence-corrected chi connectivity index (χ3v) is 2.83. The van der Waals surface area contributed by atoms with Crippen LogP contribution in [0.2, 0.25) is 0 Å². The number of carbonyl (C=O) groups is 2. The summed E-state index contributed by atoms with van der Waals surface area (Å²) in [6.45, 7) is 0.200. The van der Waals surface area contributed by atoms with Crippen molar-refractivity contribution < 1.29 is 14.0 Å². The molecule has 0 fully saturated rings. The van der Waals surface area contributed by atoms with E-state index in [4.69, 9.17) is 4.42 Å². The average Bonchev–Trinajstić information content (AvgIpc) is 2.90. The van der Waals surface area contributed by atoms with Crippen LogP contribution in [0.15, 0.2) is 45.6 Å². The van der Waals surface area contributed by atoms with Crippen LogP contribution in [0, 0.1) is 0 Å². The molecule has 0 radical (unpaired) electrons. The van der Waals surface area contributed by atoms with E-state index < -0.39 is 5.91 Å². The molecule has 104 valence electrons. The summed E-state index contributed by atoms with van der Waals surface area (Å²) in [5, 5.41) is 5.12. The summed E-state index contributed by atoms with van der Waals surface area (Å²) in [6, 6.07) is 8.57. The van der Waals surface area contributed by atoms with E-state index in [1.165, 1.54) is 6.07 Å².